The standard InChI is InChI=1S/C15H22N2O4S/c1-5-7-8-17(12(19)11(18)15(3,4)6-2)14-16-10(9-22-14)13(20)21/h9H,5-8H2,1-4H3,(H,20,21). The molecule has 6 nitrogen and oxygen atoms in total. The number of aromatic nitrogens is 1. The smallest absolute Gasteiger partial charge is 0.355 e. The van der Waals surface area contributed by atoms with E-state index in [1.807, 2.05) is 13.8 Å². The number of Topliss-reactive ketones (excluding diaryl/α,β-unsaturated/α-hetero) is 1. The highest BCUT2D eigenvalue weighted by Gasteiger charge is 2.35. The second kappa shape index (κ2) is 7.49. The molecule has 0 saturated heterocycles. The number of unbranched alkanes of at least 4 members (excludes halogenated alkanes) is 1. The lowest BCUT2D eigenvalue weighted by Gasteiger charge is -2.25. The Bertz CT molecular complexity index is 566. The topological polar surface area (TPSA) is 87.6 Å². The molecule has 1 amide bonds. The fraction of sp³-hybridized carbons (Fsp3) is 0.600. The van der Waals surface area contributed by atoms with Crippen LogP contribution in [0.15, 0.2) is 5.38 Å². The molecular formula is C15H22N2O4S. The van der Waals surface area contributed by atoms with Gasteiger partial charge in [0.1, 0.15) is 0 Å². The molecule has 0 atom stereocenters. The molecule has 0 fully saturated rings. The average molecular weight is 326 g/mol. The molecule has 0 bridgehead atoms. The molecule has 0 aliphatic carbocycles. The number of thiazole rings is 1. The highest BCUT2D eigenvalue weighted by atomic mass is 32.1. The van der Waals surface area contributed by atoms with Gasteiger partial charge in [0.05, 0.1) is 0 Å². The summed E-state index contributed by atoms with van der Waals surface area (Å²) in [6, 6.07) is 0. The SMILES string of the molecule is CCCCN(C(=O)C(=O)C(C)(C)CC)c1nc(C(=O)O)cs1. The lowest BCUT2D eigenvalue weighted by Crippen LogP contribution is -2.43. The van der Waals surface area contributed by atoms with Gasteiger partial charge in [0, 0.05) is 17.3 Å². The maximum Gasteiger partial charge on any atom is 0.355 e. The number of nitrogens with zero attached hydrogens (tertiary/aromatic N) is 2. The van der Waals surface area contributed by atoms with Crippen LogP contribution in [0.25, 0.3) is 0 Å². The normalized spacial score (nSPS) is 11.3. The van der Waals surface area contributed by atoms with E-state index in [1.165, 1.54) is 10.3 Å². The Kier molecular flexibility index (Phi) is 6.22. The van der Waals surface area contributed by atoms with E-state index in [1.54, 1.807) is 13.8 Å². The predicted octanol–water partition coefficient (Wildman–Crippen LogP) is 2.98. The number of carbonyl (C=O) groups is 3. The van der Waals surface area contributed by atoms with Crippen LogP contribution in [-0.2, 0) is 9.59 Å². The van der Waals surface area contributed by atoms with Crippen LogP contribution in [0.3, 0.4) is 0 Å². The first-order chi connectivity index (χ1) is 10.2. The van der Waals surface area contributed by atoms with E-state index in [0.29, 0.717) is 19.4 Å². The summed E-state index contributed by atoms with van der Waals surface area (Å²) in [6.07, 6.45) is 2.12. The van der Waals surface area contributed by atoms with Crippen LogP contribution in [0.2, 0.25) is 0 Å². The molecule has 0 saturated carbocycles. The summed E-state index contributed by atoms with van der Waals surface area (Å²) in [5.41, 5.74) is -0.856. The number of hydrogen-bond acceptors (Lipinski definition) is 5. The van der Waals surface area contributed by atoms with Gasteiger partial charge in [0.2, 0.25) is 5.78 Å². The van der Waals surface area contributed by atoms with Crippen LogP contribution in [0.5, 0.6) is 0 Å². The van der Waals surface area contributed by atoms with Gasteiger partial charge in [-0.05, 0) is 12.8 Å². The lowest BCUT2D eigenvalue weighted by molar-refractivity contribution is -0.141. The lowest BCUT2D eigenvalue weighted by atomic mass is 9.84. The van der Waals surface area contributed by atoms with E-state index in [0.717, 1.165) is 17.8 Å². The minimum atomic E-state index is -1.15. The summed E-state index contributed by atoms with van der Waals surface area (Å²) in [5.74, 6) is -2.24. The monoisotopic (exact) mass is 326 g/mol. The first-order valence-electron chi connectivity index (χ1n) is 7.29. The maximum absolute atomic E-state index is 12.5. The summed E-state index contributed by atoms with van der Waals surface area (Å²) in [4.78, 5) is 41.1. The molecular weight excluding hydrogens is 304 g/mol. The van der Waals surface area contributed by atoms with Crippen LogP contribution in [0.4, 0.5) is 5.13 Å². The molecule has 0 aromatic carbocycles. The number of anilines is 1. The van der Waals surface area contributed by atoms with Crippen LogP contribution < -0.4 is 4.90 Å². The second-order valence-electron chi connectivity index (χ2n) is 5.70. The fourth-order valence-corrected chi connectivity index (χ4v) is 2.48. The molecule has 22 heavy (non-hydrogen) atoms. The van der Waals surface area contributed by atoms with Gasteiger partial charge in [-0.2, -0.15) is 0 Å². The summed E-state index contributed by atoms with van der Waals surface area (Å²) in [6.45, 7) is 7.65. The van der Waals surface area contributed by atoms with Crippen molar-refractivity contribution < 1.29 is 19.5 Å². The number of carboxylic acid groups (broad SMARTS) is 1. The Labute approximate surface area is 134 Å². The summed E-state index contributed by atoms with van der Waals surface area (Å²) < 4.78 is 0. The van der Waals surface area contributed by atoms with Crippen molar-refractivity contribution in [3.8, 4) is 0 Å². The Hall–Kier alpha value is -1.76. The van der Waals surface area contributed by atoms with E-state index in [9.17, 15) is 14.4 Å². The van der Waals surface area contributed by atoms with Gasteiger partial charge in [0.15, 0.2) is 10.8 Å². The second-order valence-corrected chi connectivity index (χ2v) is 6.53. The quantitative estimate of drug-likeness (QED) is 0.742. The van der Waals surface area contributed by atoms with Gasteiger partial charge in [0.25, 0.3) is 5.91 Å². The predicted molar refractivity (Wildman–Crippen MR) is 85.4 cm³/mol. The molecule has 1 N–H and O–H groups in total. The average Bonchev–Trinajstić information content (AvgIpc) is 2.96. The molecule has 0 radical (unpaired) electrons. The third-order valence-corrected chi connectivity index (χ3v) is 4.48. The van der Waals surface area contributed by atoms with Crippen molar-refractivity contribution in [2.45, 2.75) is 47.0 Å². The zero-order valence-electron chi connectivity index (χ0n) is 13.4. The van der Waals surface area contributed by atoms with Crippen molar-refractivity contribution in [2.24, 2.45) is 5.41 Å². The first-order valence-corrected chi connectivity index (χ1v) is 8.17. The van der Waals surface area contributed by atoms with Crippen LogP contribution in [0.1, 0.15) is 57.4 Å². The Morgan fingerprint density at radius 2 is 1.95 bits per heavy atom. The molecule has 1 aromatic heterocycles. The van der Waals surface area contributed by atoms with E-state index in [2.05, 4.69) is 4.98 Å². The van der Waals surface area contributed by atoms with Crippen LogP contribution in [-0.4, -0.2) is 34.3 Å². The zero-order valence-corrected chi connectivity index (χ0v) is 14.2. The summed E-state index contributed by atoms with van der Waals surface area (Å²) in [5, 5.41) is 10.6. The van der Waals surface area contributed by atoms with Gasteiger partial charge in [-0.1, -0.05) is 34.1 Å². The molecule has 0 unspecified atom stereocenters. The zero-order chi connectivity index (χ0) is 16.9. The van der Waals surface area contributed by atoms with E-state index in [4.69, 9.17) is 5.11 Å². The largest absolute Gasteiger partial charge is 0.476 e. The van der Waals surface area contributed by atoms with E-state index < -0.39 is 23.1 Å². The van der Waals surface area contributed by atoms with Gasteiger partial charge < -0.3 is 5.11 Å². The van der Waals surface area contributed by atoms with Crippen molar-refractivity contribution in [3.05, 3.63) is 11.1 Å². The molecule has 122 valence electrons. The number of carbonyl (C=O) groups excluding carboxylic acids is 2. The minimum absolute atomic E-state index is 0.114. The molecule has 1 aromatic rings. The van der Waals surface area contributed by atoms with Crippen LogP contribution >= 0.6 is 11.3 Å². The molecule has 0 aliphatic heterocycles. The van der Waals surface area contributed by atoms with Gasteiger partial charge >= 0.3 is 5.97 Å². The number of amides is 1. The molecule has 0 aliphatic rings. The van der Waals surface area contributed by atoms with Gasteiger partial charge in [-0.15, -0.1) is 11.3 Å². The van der Waals surface area contributed by atoms with Crippen molar-refractivity contribution in [1.82, 2.24) is 4.98 Å². The summed E-state index contributed by atoms with van der Waals surface area (Å²) in [7, 11) is 0. The molecule has 1 heterocycles. The molecule has 7 heteroatoms. The van der Waals surface area contributed by atoms with Gasteiger partial charge in [-0.25, -0.2) is 9.78 Å². The van der Waals surface area contributed by atoms with Crippen molar-refractivity contribution in [2.75, 3.05) is 11.4 Å². The Morgan fingerprint density at radius 3 is 2.41 bits per heavy atom. The van der Waals surface area contributed by atoms with Crippen molar-refractivity contribution in [1.29, 1.82) is 0 Å². The third kappa shape index (κ3) is 4.13. The van der Waals surface area contributed by atoms with Gasteiger partial charge in [-0.3, -0.25) is 14.5 Å². The number of aromatic carboxylic acids is 1. The first kappa shape index (κ1) is 18.3. The number of hydrogen-bond donors (Lipinski definition) is 1. The third-order valence-electron chi connectivity index (χ3n) is 3.62. The number of rotatable bonds is 8. The highest BCUT2D eigenvalue weighted by Crippen LogP contribution is 2.26. The van der Waals surface area contributed by atoms with E-state index >= 15 is 0 Å². The van der Waals surface area contributed by atoms with Crippen LogP contribution in [0, 0.1) is 5.41 Å². The highest BCUT2D eigenvalue weighted by molar-refractivity contribution is 7.14. The number of carboxylic acids is 1. The Morgan fingerprint density at radius 1 is 1.32 bits per heavy atom. The van der Waals surface area contributed by atoms with Crippen molar-refractivity contribution in [3.63, 3.8) is 0 Å². The molecule has 1 rings (SSSR count). The molecule has 0 spiro atoms. The Balaban J connectivity index is 3.08. The minimum Gasteiger partial charge on any atom is -0.476 e. The van der Waals surface area contributed by atoms with Crippen molar-refractivity contribution >= 4 is 34.1 Å². The fourth-order valence-electron chi connectivity index (χ4n) is 1.66. The van der Waals surface area contributed by atoms with E-state index in [-0.39, 0.29) is 10.8 Å². The maximum atomic E-state index is 12.5. The number of ketones is 1. The summed E-state index contributed by atoms with van der Waals surface area (Å²) >= 11 is 1.06.